The summed E-state index contributed by atoms with van der Waals surface area (Å²) in [6, 6.07) is 22.6. The second-order valence-electron chi connectivity index (χ2n) is 13.0. The molecule has 47 heavy (non-hydrogen) atoms. The summed E-state index contributed by atoms with van der Waals surface area (Å²) in [6.07, 6.45) is 0.616. The van der Waals surface area contributed by atoms with Crippen molar-refractivity contribution >= 4 is 18.0 Å². The average molecular weight is 648 g/mol. The van der Waals surface area contributed by atoms with Crippen LogP contribution in [0.15, 0.2) is 77.2 Å². The highest BCUT2D eigenvalue weighted by Gasteiger charge is 2.54. The minimum Gasteiger partial charge on any atom is -0.462 e. The molecule has 3 aromatic rings. The maximum Gasteiger partial charge on any atom is 0.417 e. The van der Waals surface area contributed by atoms with Gasteiger partial charge in [-0.3, -0.25) is 9.59 Å². The Morgan fingerprint density at radius 2 is 1.62 bits per heavy atom. The zero-order chi connectivity index (χ0) is 34.0. The van der Waals surface area contributed by atoms with E-state index in [0.29, 0.717) is 44.2 Å². The van der Waals surface area contributed by atoms with Gasteiger partial charge in [-0.1, -0.05) is 81.4 Å². The SMILES string of the molecule is CC[C@H](COCCCc1ccc([C@@H](OC(C)=O)[C@H](Cc2ccccc2)C(=O)N2C(=O)OC(C)(C)[C@@H]2C(C)C)o1)OCc1ccccc1. The molecule has 2 heterocycles. The van der Waals surface area contributed by atoms with Crippen molar-refractivity contribution in [1.82, 2.24) is 4.90 Å². The third kappa shape index (κ3) is 9.78. The van der Waals surface area contributed by atoms with Gasteiger partial charge in [0, 0.05) is 20.0 Å². The van der Waals surface area contributed by atoms with Crippen LogP contribution in [0.3, 0.4) is 0 Å². The first-order valence-electron chi connectivity index (χ1n) is 16.6. The number of hydrogen-bond donors (Lipinski definition) is 0. The molecule has 2 aromatic carbocycles. The van der Waals surface area contributed by atoms with Crippen LogP contribution in [-0.4, -0.2) is 53.8 Å². The van der Waals surface area contributed by atoms with Gasteiger partial charge in [-0.05, 0) is 62.3 Å². The fourth-order valence-corrected chi connectivity index (χ4v) is 6.29. The summed E-state index contributed by atoms with van der Waals surface area (Å²) in [7, 11) is 0. The Morgan fingerprint density at radius 1 is 0.957 bits per heavy atom. The van der Waals surface area contributed by atoms with Gasteiger partial charge in [0.1, 0.15) is 17.1 Å². The predicted molar refractivity (Wildman–Crippen MR) is 177 cm³/mol. The minimum atomic E-state index is -1.05. The summed E-state index contributed by atoms with van der Waals surface area (Å²) in [6.45, 7) is 12.5. The van der Waals surface area contributed by atoms with Crippen molar-refractivity contribution in [2.24, 2.45) is 11.8 Å². The molecule has 0 radical (unpaired) electrons. The van der Waals surface area contributed by atoms with E-state index < -0.39 is 41.6 Å². The van der Waals surface area contributed by atoms with Gasteiger partial charge < -0.3 is 23.4 Å². The largest absolute Gasteiger partial charge is 0.462 e. The molecule has 4 rings (SSSR count). The number of rotatable bonds is 17. The number of nitrogens with zero attached hydrogens (tertiary/aromatic N) is 1. The number of furan rings is 1. The molecule has 0 aliphatic carbocycles. The van der Waals surface area contributed by atoms with Crippen molar-refractivity contribution in [3.05, 3.63) is 95.4 Å². The van der Waals surface area contributed by atoms with Gasteiger partial charge in [0.05, 0.1) is 31.3 Å². The topological polar surface area (TPSA) is 105 Å². The number of carbonyl (C=O) groups excluding carboxylic acids is 3. The number of aryl methyl sites for hydroxylation is 1. The molecule has 9 heteroatoms. The van der Waals surface area contributed by atoms with Crippen LogP contribution in [0.25, 0.3) is 0 Å². The van der Waals surface area contributed by atoms with E-state index in [1.165, 1.54) is 11.8 Å². The number of amides is 2. The molecule has 9 nitrogen and oxygen atoms in total. The summed E-state index contributed by atoms with van der Waals surface area (Å²) < 4.78 is 29.6. The first-order chi connectivity index (χ1) is 22.5. The van der Waals surface area contributed by atoms with Crippen molar-refractivity contribution in [2.45, 2.75) is 97.7 Å². The van der Waals surface area contributed by atoms with Gasteiger partial charge in [0.15, 0.2) is 6.10 Å². The summed E-state index contributed by atoms with van der Waals surface area (Å²) >= 11 is 0. The molecule has 0 spiro atoms. The lowest BCUT2D eigenvalue weighted by atomic mass is 9.86. The summed E-state index contributed by atoms with van der Waals surface area (Å²) in [5.74, 6) is -1.00. The number of carbonyl (C=O) groups is 3. The third-order valence-corrected chi connectivity index (χ3v) is 8.44. The van der Waals surface area contributed by atoms with E-state index >= 15 is 0 Å². The Kier molecular flexibility index (Phi) is 12.8. The van der Waals surface area contributed by atoms with Crippen LogP contribution in [0.2, 0.25) is 0 Å². The van der Waals surface area contributed by atoms with Gasteiger partial charge in [-0.25, -0.2) is 9.69 Å². The molecule has 0 saturated carbocycles. The van der Waals surface area contributed by atoms with Crippen molar-refractivity contribution in [3.8, 4) is 0 Å². The maximum absolute atomic E-state index is 14.4. The molecular formula is C38H49NO8. The monoisotopic (exact) mass is 647 g/mol. The average Bonchev–Trinajstić information content (AvgIpc) is 3.61. The molecule has 2 amide bonds. The zero-order valence-corrected chi connectivity index (χ0v) is 28.5. The number of esters is 1. The highest BCUT2D eigenvalue weighted by Crippen LogP contribution is 2.39. The van der Waals surface area contributed by atoms with E-state index in [4.69, 9.17) is 23.4 Å². The third-order valence-electron chi connectivity index (χ3n) is 8.44. The molecule has 1 saturated heterocycles. The first-order valence-corrected chi connectivity index (χ1v) is 16.6. The van der Waals surface area contributed by atoms with Gasteiger partial charge >= 0.3 is 12.1 Å². The van der Waals surface area contributed by atoms with Crippen molar-refractivity contribution in [2.75, 3.05) is 13.2 Å². The second-order valence-corrected chi connectivity index (χ2v) is 13.0. The van der Waals surface area contributed by atoms with Gasteiger partial charge in [0.2, 0.25) is 5.91 Å². The van der Waals surface area contributed by atoms with E-state index in [2.05, 4.69) is 6.92 Å². The first kappa shape index (κ1) is 35.9. The van der Waals surface area contributed by atoms with Crippen molar-refractivity contribution in [3.63, 3.8) is 0 Å². The Hall–Kier alpha value is -3.95. The van der Waals surface area contributed by atoms with E-state index in [-0.39, 0.29) is 18.4 Å². The van der Waals surface area contributed by atoms with Crippen LogP contribution < -0.4 is 0 Å². The lowest BCUT2D eigenvalue weighted by molar-refractivity contribution is -0.156. The fourth-order valence-electron chi connectivity index (χ4n) is 6.29. The molecule has 1 aliphatic rings. The van der Waals surface area contributed by atoms with E-state index in [1.54, 1.807) is 19.9 Å². The van der Waals surface area contributed by atoms with Gasteiger partial charge in [-0.2, -0.15) is 0 Å². The van der Waals surface area contributed by atoms with Crippen LogP contribution in [0.5, 0.6) is 0 Å². The molecule has 0 bridgehead atoms. The molecular weight excluding hydrogens is 598 g/mol. The Bertz CT molecular complexity index is 1430. The Labute approximate surface area is 278 Å². The lowest BCUT2D eigenvalue weighted by Crippen LogP contribution is -2.51. The van der Waals surface area contributed by atoms with E-state index in [1.807, 2.05) is 80.6 Å². The van der Waals surface area contributed by atoms with Crippen LogP contribution in [0, 0.1) is 11.8 Å². The van der Waals surface area contributed by atoms with Crippen LogP contribution >= 0.6 is 0 Å². The van der Waals surface area contributed by atoms with Crippen molar-refractivity contribution < 1.29 is 37.7 Å². The number of hydrogen-bond acceptors (Lipinski definition) is 8. The Balaban J connectivity index is 1.45. The van der Waals surface area contributed by atoms with Crippen molar-refractivity contribution in [1.29, 1.82) is 0 Å². The number of imide groups is 1. The normalized spacial score (nSPS) is 17.7. The standard InChI is InChI=1S/C38H49NO8/c1-7-30(44-24-29-17-12-9-13-18-29)25-43-22-14-19-31-20-21-33(46-31)34(45-27(4)40)32(23-28-15-10-8-11-16-28)36(41)39-35(26(2)3)38(5,6)47-37(39)42/h8-13,15-18,20-21,26,30,32,34-35H,7,14,19,22-25H2,1-6H3/t30-,32+,34+,35+/m1/s1. The number of ether oxygens (including phenoxy) is 4. The smallest absolute Gasteiger partial charge is 0.417 e. The minimum absolute atomic E-state index is 0.00255. The molecule has 4 atom stereocenters. The molecule has 1 fully saturated rings. The van der Waals surface area contributed by atoms with Crippen LogP contribution in [0.1, 0.15) is 83.1 Å². The molecule has 0 N–H and O–H groups in total. The molecule has 1 aromatic heterocycles. The van der Waals surface area contributed by atoms with Gasteiger partial charge in [-0.15, -0.1) is 0 Å². The van der Waals surface area contributed by atoms with E-state index in [0.717, 1.165) is 17.5 Å². The summed E-state index contributed by atoms with van der Waals surface area (Å²) in [4.78, 5) is 41.2. The Morgan fingerprint density at radius 3 is 2.23 bits per heavy atom. The van der Waals surface area contributed by atoms with E-state index in [9.17, 15) is 14.4 Å². The second kappa shape index (κ2) is 16.7. The summed E-state index contributed by atoms with van der Waals surface area (Å²) in [5, 5.41) is 0. The van der Waals surface area contributed by atoms with Crippen LogP contribution in [-0.2, 0) is 48.0 Å². The number of cyclic esters (lactones) is 1. The maximum atomic E-state index is 14.4. The molecule has 254 valence electrons. The molecule has 1 aliphatic heterocycles. The number of benzene rings is 2. The predicted octanol–water partition coefficient (Wildman–Crippen LogP) is 7.47. The van der Waals surface area contributed by atoms with Gasteiger partial charge in [0.25, 0.3) is 0 Å². The highest BCUT2D eigenvalue weighted by molar-refractivity contribution is 5.96. The fraction of sp³-hybridized carbons (Fsp3) is 0.500. The quantitative estimate of drug-likeness (QED) is 0.110. The molecule has 0 unspecified atom stereocenters. The highest BCUT2D eigenvalue weighted by atomic mass is 16.6. The lowest BCUT2D eigenvalue weighted by Gasteiger charge is -2.34. The zero-order valence-electron chi connectivity index (χ0n) is 28.5. The summed E-state index contributed by atoms with van der Waals surface area (Å²) in [5.41, 5.74) is 1.11. The van der Waals surface area contributed by atoms with Crippen LogP contribution in [0.4, 0.5) is 4.79 Å².